The highest BCUT2D eigenvalue weighted by atomic mass is 16.5. The molecule has 0 aliphatic heterocycles. The molecule has 109 valence electrons. The van der Waals surface area contributed by atoms with Gasteiger partial charge in [-0.1, -0.05) is 31.9 Å². The first-order chi connectivity index (χ1) is 10.2. The van der Waals surface area contributed by atoms with Gasteiger partial charge in [-0.05, 0) is 30.7 Å². The zero-order chi connectivity index (χ0) is 15.1. The molecule has 1 aromatic rings. The van der Waals surface area contributed by atoms with Gasteiger partial charge < -0.3 is 10.5 Å². The number of rotatable bonds is 6. The van der Waals surface area contributed by atoms with Crippen molar-refractivity contribution in [2.45, 2.75) is 26.2 Å². The molecule has 0 unspecified atom stereocenters. The van der Waals surface area contributed by atoms with E-state index in [1.165, 1.54) is 0 Å². The molecule has 1 aromatic carbocycles. The van der Waals surface area contributed by atoms with Crippen LogP contribution in [0.1, 0.15) is 26.2 Å². The van der Waals surface area contributed by atoms with E-state index in [-0.39, 0.29) is 0 Å². The zero-order valence-electron chi connectivity index (χ0n) is 12.2. The third kappa shape index (κ3) is 4.31. The van der Waals surface area contributed by atoms with Gasteiger partial charge in [0.05, 0.1) is 29.4 Å². The van der Waals surface area contributed by atoms with Gasteiger partial charge in [-0.2, -0.15) is 0 Å². The van der Waals surface area contributed by atoms with Crippen molar-refractivity contribution in [3.63, 3.8) is 0 Å². The number of aliphatic imine (C=N–C) groups is 1. The van der Waals surface area contributed by atoms with Crippen LogP contribution in [-0.2, 0) is 4.74 Å². The van der Waals surface area contributed by atoms with E-state index >= 15 is 0 Å². The summed E-state index contributed by atoms with van der Waals surface area (Å²) >= 11 is 0. The van der Waals surface area contributed by atoms with Gasteiger partial charge in [0.1, 0.15) is 5.76 Å². The molecular formula is C17H20N3O. The minimum Gasteiger partial charge on any atom is -0.491 e. The summed E-state index contributed by atoms with van der Waals surface area (Å²) in [4.78, 5) is 4.47. The number of nitrogens with one attached hydrogen (secondary N) is 1. The number of allylic oxidation sites excluding steroid dienone is 2. The number of hydrogen-bond donors (Lipinski definition) is 2. The molecule has 4 heteroatoms. The van der Waals surface area contributed by atoms with Gasteiger partial charge in [-0.3, -0.25) is 5.41 Å². The molecule has 0 bridgehead atoms. The molecule has 4 nitrogen and oxygen atoms in total. The van der Waals surface area contributed by atoms with Gasteiger partial charge in [0.25, 0.3) is 0 Å². The molecule has 0 fully saturated rings. The fraction of sp³-hybridized carbons (Fsp3) is 0.294. The molecule has 1 aliphatic carbocycles. The van der Waals surface area contributed by atoms with E-state index in [1.807, 2.05) is 18.2 Å². The van der Waals surface area contributed by atoms with Crippen molar-refractivity contribution >= 4 is 17.1 Å². The summed E-state index contributed by atoms with van der Waals surface area (Å²) in [6, 6.07) is 10.3. The van der Waals surface area contributed by atoms with Crippen molar-refractivity contribution < 1.29 is 4.74 Å². The lowest BCUT2D eigenvalue weighted by Gasteiger charge is -2.15. The SMILES string of the molecule is CCCCCOC1=CC(=Nc2c[c]ccc2)C(N)=CC1=N. The molecule has 0 saturated heterocycles. The van der Waals surface area contributed by atoms with Crippen LogP contribution < -0.4 is 5.73 Å². The van der Waals surface area contributed by atoms with Crippen LogP contribution in [0.25, 0.3) is 0 Å². The topological polar surface area (TPSA) is 71.5 Å². The first kappa shape index (κ1) is 15.0. The monoisotopic (exact) mass is 282 g/mol. The maximum atomic E-state index is 7.92. The van der Waals surface area contributed by atoms with Crippen LogP contribution in [0.5, 0.6) is 0 Å². The van der Waals surface area contributed by atoms with E-state index in [4.69, 9.17) is 15.9 Å². The van der Waals surface area contributed by atoms with E-state index in [2.05, 4.69) is 18.0 Å². The van der Waals surface area contributed by atoms with Crippen molar-refractivity contribution in [2.24, 2.45) is 10.7 Å². The molecule has 0 amide bonds. The van der Waals surface area contributed by atoms with Crippen LogP contribution in [-0.4, -0.2) is 18.0 Å². The minimum atomic E-state index is 0.294. The number of nitrogens with zero attached hydrogens (tertiary/aromatic N) is 1. The molecule has 0 saturated carbocycles. The summed E-state index contributed by atoms with van der Waals surface area (Å²) in [6.45, 7) is 2.76. The van der Waals surface area contributed by atoms with Crippen molar-refractivity contribution in [1.29, 1.82) is 5.41 Å². The summed E-state index contributed by atoms with van der Waals surface area (Å²) in [6.07, 6.45) is 6.57. The predicted octanol–water partition coefficient (Wildman–Crippen LogP) is 3.53. The molecule has 0 spiro atoms. The summed E-state index contributed by atoms with van der Waals surface area (Å²) in [5, 5.41) is 7.92. The highest BCUT2D eigenvalue weighted by Crippen LogP contribution is 2.17. The fourth-order valence-electron chi connectivity index (χ4n) is 1.93. The van der Waals surface area contributed by atoms with Crippen molar-refractivity contribution in [2.75, 3.05) is 6.61 Å². The second kappa shape index (κ2) is 7.43. The predicted molar refractivity (Wildman–Crippen MR) is 85.9 cm³/mol. The van der Waals surface area contributed by atoms with Gasteiger partial charge in [0, 0.05) is 6.08 Å². The largest absolute Gasteiger partial charge is 0.491 e. The Bertz CT molecular complexity index is 585. The fourth-order valence-corrected chi connectivity index (χ4v) is 1.93. The quantitative estimate of drug-likeness (QED) is 0.619. The number of unbranched alkanes of at least 4 members (excludes halogenated alkanes) is 2. The van der Waals surface area contributed by atoms with Gasteiger partial charge in [-0.15, -0.1) is 0 Å². The number of benzene rings is 1. The van der Waals surface area contributed by atoms with Crippen LogP contribution in [0.15, 0.2) is 52.9 Å². The first-order valence-corrected chi connectivity index (χ1v) is 7.16. The molecular weight excluding hydrogens is 262 g/mol. The van der Waals surface area contributed by atoms with E-state index in [0.29, 0.717) is 29.5 Å². The lowest BCUT2D eigenvalue weighted by molar-refractivity contribution is 0.224. The third-order valence-electron chi connectivity index (χ3n) is 3.07. The van der Waals surface area contributed by atoms with Gasteiger partial charge in [0.2, 0.25) is 0 Å². The van der Waals surface area contributed by atoms with Crippen LogP contribution in [0.3, 0.4) is 0 Å². The van der Waals surface area contributed by atoms with Crippen molar-refractivity contribution in [3.05, 3.63) is 53.9 Å². The molecule has 21 heavy (non-hydrogen) atoms. The van der Waals surface area contributed by atoms with Crippen molar-refractivity contribution in [3.8, 4) is 0 Å². The molecule has 0 heterocycles. The normalized spacial score (nSPS) is 16.6. The Hall–Kier alpha value is -2.36. The maximum absolute atomic E-state index is 7.92. The van der Waals surface area contributed by atoms with Gasteiger partial charge >= 0.3 is 0 Å². The third-order valence-corrected chi connectivity index (χ3v) is 3.07. The highest BCUT2D eigenvalue weighted by molar-refractivity contribution is 6.22. The second-order valence-electron chi connectivity index (χ2n) is 4.84. The number of hydrogen-bond acceptors (Lipinski definition) is 4. The van der Waals surface area contributed by atoms with Gasteiger partial charge in [-0.25, -0.2) is 4.99 Å². The smallest absolute Gasteiger partial charge is 0.146 e. The standard InChI is InChI=1S/C17H20N3O/c1-2-3-7-10-21-17-12-16(14(18)11-15(17)19)20-13-8-5-4-6-9-13/h4-5,8-9,11-12,19H,2-3,7,10,18H2,1H3. The molecule has 2 rings (SSSR count). The highest BCUT2D eigenvalue weighted by Gasteiger charge is 2.15. The Morgan fingerprint density at radius 3 is 2.90 bits per heavy atom. The van der Waals surface area contributed by atoms with E-state index in [0.717, 1.165) is 24.9 Å². The Balaban J connectivity index is 2.13. The molecule has 0 atom stereocenters. The van der Waals surface area contributed by atoms with E-state index < -0.39 is 0 Å². The average Bonchev–Trinajstić information content (AvgIpc) is 2.49. The molecule has 1 aliphatic rings. The Morgan fingerprint density at radius 2 is 2.19 bits per heavy atom. The van der Waals surface area contributed by atoms with Crippen LogP contribution in [0.2, 0.25) is 0 Å². The minimum absolute atomic E-state index is 0.294. The Labute approximate surface area is 125 Å². The van der Waals surface area contributed by atoms with Crippen LogP contribution in [0.4, 0.5) is 5.69 Å². The van der Waals surface area contributed by atoms with E-state index in [1.54, 1.807) is 18.2 Å². The van der Waals surface area contributed by atoms with E-state index in [9.17, 15) is 0 Å². The number of ether oxygens (including phenoxy) is 1. The molecule has 1 radical (unpaired) electrons. The average molecular weight is 282 g/mol. The zero-order valence-corrected chi connectivity index (χ0v) is 12.2. The molecule has 3 N–H and O–H groups in total. The second-order valence-corrected chi connectivity index (χ2v) is 4.84. The lowest BCUT2D eigenvalue weighted by Crippen LogP contribution is -2.19. The van der Waals surface area contributed by atoms with Crippen molar-refractivity contribution in [1.82, 2.24) is 0 Å². The summed E-state index contributed by atoms with van der Waals surface area (Å²) < 4.78 is 5.66. The van der Waals surface area contributed by atoms with Gasteiger partial charge in [0.15, 0.2) is 0 Å². The lowest BCUT2D eigenvalue weighted by atomic mass is 10.1. The van der Waals surface area contributed by atoms with Crippen LogP contribution in [0, 0.1) is 11.5 Å². The first-order valence-electron chi connectivity index (χ1n) is 7.16. The Morgan fingerprint density at radius 1 is 1.33 bits per heavy atom. The summed E-state index contributed by atoms with van der Waals surface area (Å²) in [5.74, 6) is 0.527. The summed E-state index contributed by atoms with van der Waals surface area (Å²) in [7, 11) is 0. The Kier molecular flexibility index (Phi) is 5.32. The van der Waals surface area contributed by atoms with Crippen LogP contribution >= 0.6 is 0 Å². The maximum Gasteiger partial charge on any atom is 0.146 e. The number of nitrogens with two attached hydrogens (primary N) is 1. The molecule has 0 aromatic heterocycles. The summed E-state index contributed by atoms with van der Waals surface area (Å²) in [5.41, 5.74) is 8.10.